The lowest BCUT2D eigenvalue weighted by atomic mass is 9.89. The third-order valence-electron chi connectivity index (χ3n) is 8.37. The average molecular weight is 739 g/mol. The first-order chi connectivity index (χ1) is 20.6. The highest BCUT2D eigenvalue weighted by molar-refractivity contribution is 7.86. The molecule has 0 rings (SSSR count). The van der Waals surface area contributed by atoms with Crippen molar-refractivity contribution in [3.05, 3.63) is 0 Å². The van der Waals surface area contributed by atoms with Crippen molar-refractivity contribution >= 4 is 36.9 Å². The molecule has 0 aliphatic rings. The van der Waals surface area contributed by atoms with Crippen molar-refractivity contribution in [1.29, 1.82) is 0 Å². The number of rotatable bonds is 14. The maximum atomic E-state index is 12.1. The third kappa shape index (κ3) is 18.7. The minimum absolute atomic E-state index is 0.00562. The van der Waals surface area contributed by atoms with E-state index in [4.69, 9.17) is 22.0 Å². The summed E-state index contributed by atoms with van der Waals surface area (Å²) in [6.07, 6.45) is -0.507. The Bertz CT molecular complexity index is 1230. The summed E-state index contributed by atoms with van der Waals surface area (Å²) in [5.74, 6) is 12.6. The Morgan fingerprint density at radius 1 is 0.553 bits per heavy atom. The summed E-state index contributed by atoms with van der Waals surface area (Å²) in [7, 11) is -11.9. The Kier molecular flexibility index (Phi) is 16.7. The standard InChI is InChI=1S/C34H66O9S2Si2/c1-31(2,3)29(42-46(15,16)33(7,8)9)23-19-21-27(40-44(13,35)36)25-39-26-28(41-45(14,37)38)22-20-24-30(32(4,5)6)43-47(17,18)34(10,11)12/h27-30H,21-22,25-26H2,1-18H3. The van der Waals surface area contributed by atoms with Crippen molar-refractivity contribution in [1.82, 2.24) is 0 Å². The largest absolute Gasteiger partial charge is 0.403 e. The van der Waals surface area contributed by atoms with Crippen LogP contribution in [-0.4, -0.2) is 83.6 Å². The lowest BCUT2D eigenvalue weighted by Gasteiger charge is -2.41. The Morgan fingerprint density at radius 2 is 0.830 bits per heavy atom. The van der Waals surface area contributed by atoms with Crippen molar-refractivity contribution < 1.29 is 38.8 Å². The van der Waals surface area contributed by atoms with Crippen LogP contribution in [-0.2, 0) is 42.2 Å². The van der Waals surface area contributed by atoms with E-state index in [1.54, 1.807) is 0 Å². The molecule has 9 nitrogen and oxygen atoms in total. The molecule has 0 N–H and O–H groups in total. The Labute approximate surface area is 291 Å². The average Bonchev–Trinajstić information content (AvgIpc) is 2.77. The van der Waals surface area contributed by atoms with Gasteiger partial charge in [0.05, 0.1) is 25.7 Å². The van der Waals surface area contributed by atoms with E-state index < -0.39 is 49.1 Å². The summed E-state index contributed by atoms with van der Waals surface area (Å²) >= 11 is 0. The molecule has 0 saturated carbocycles. The second kappa shape index (κ2) is 17.0. The van der Waals surface area contributed by atoms with E-state index in [1.807, 2.05) is 0 Å². The topological polar surface area (TPSA) is 114 Å². The summed E-state index contributed by atoms with van der Waals surface area (Å²) < 4.78 is 77.8. The zero-order valence-electron chi connectivity index (χ0n) is 32.6. The normalized spacial score (nSPS) is 16.7. The lowest BCUT2D eigenvalue weighted by Crippen LogP contribution is -2.46. The van der Waals surface area contributed by atoms with Gasteiger partial charge in [0.2, 0.25) is 0 Å². The van der Waals surface area contributed by atoms with E-state index in [9.17, 15) is 16.8 Å². The summed E-state index contributed by atoms with van der Waals surface area (Å²) in [5, 5.41) is -0.0112. The molecule has 0 aliphatic carbocycles. The first-order valence-electron chi connectivity index (χ1n) is 16.2. The van der Waals surface area contributed by atoms with Crippen LogP contribution in [0.25, 0.3) is 0 Å². The third-order valence-corrected chi connectivity index (χ3v) is 18.5. The lowest BCUT2D eigenvalue weighted by molar-refractivity contribution is 0.0153. The van der Waals surface area contributed by atoms with E-state index in [2.05, 4.69) is 133 Å². The fourth-order valence-electron chi connectivity index (χ4n) is 3.39. The molecule has 4 unspecified atom stereocenters. The minimum atomic E-state index is -3.83. The van der Waals surface area contributed by atoms with Crippen LogP contribution in [0.2, 0.25) is 36.3 Å². The fourth-order valence-corrected chi connectivity index (χ4v) is 7.33. The first kappa shape index (κ1) is 46.3. The molecule has 0 aromatic rings. The summed E-state index contributed by atoms with van der Waals surface area (Å²) in [6.45, 7) is 33.7. The van der Waals surface area contributed by atoms with Gasteiger partial charge in [-0.25, -0.2) is 0 Å². The van der Waals surface area contributed by atoms with Crippen LogP contribution < -0.4 is 0 Å². The van der Waals surface area contributed by atoms with Gasteiger partial charge in [0, 0.05) is 12.8 Å². The van der Waals surface area contributed by atoms with Crippen LogP contribution in [0.4, 0.5) is 0 Å². The molecule has 0 aromatic carbocycles. The van der Waals surface area contributed by atoms with Crippen molar-refractivity contribution in [3.8, 4) is 23.7 Å². The number of ether oxygens (including phenoxy) is 1. The molecule has 0 saturated heterocycles. The monoisotopic (exact) mass is 738 g/mol. The van der Waals surface area contributed by atoms with Crippen LogP contribution in [0.5, 0.6) is 0 Å². The highest BCUT2D eigenvalue weighted by Gasteiger charge is 2.42. The van der Waals surface area contributed by atoms with E-state index in [0.717, 1.165) is 12.5 Å². The molecule has 0 heterocycles. The van der Waals surface area contributed by atoms with Gasteiger partial charge < -0.3 is 13.6 Å². The number of hydrogen-bond donors (Lipinski definition) is 0. The molecule has 0 radical (unpaired) electrons. The summed E-state index contributed by atoms with van der Waals surface area (Å²) in [5.41, 5.74) is -0.545. The van der Waals surface area contributed by atoms with Crippen molar-refractivity contribution in [2.75, 3.05) is 25.7 Å². The van der Waals surface area contributed by atoms with E-state index in [0.29, 0.717) is 0 Å². The SMILES string of the molecule is CC(C)(C)C(C#CCC(COCC(CC#CC(O[Si](C)(C)C(C)(C)C)C(C)(C)C)OS(C)(=O)=O)OS(C)(=O)=O)O[Si](C)(C)C(C)(C)C. The van der Waals surface area contributed by atoms with Crippen LogP contribution in [0.3, 0.4) is 0 Å². The van der Waals surface area contributed by atoms with E-state index in [-0.39, 0.29) is 59.2 Å². The second-order valence-electron chi connectivity index (χ2n) is 17.7. The van der Waals surface area contributed by atoms with Crippen molar-refractivity contribution in [2.45, 2.75) is 157 Å². The predicted octanol–water partition coefficient (Wildman–Crippen LogP) is 7.35. The molecule has 47 heavy (non-hydrogen) atoms. The molecule has 0 amide bonds. The van der Waals surface area contributed by atoms with Gasteiger partial charge in [-0.15, -0.1) is 0 Å². The Hall–Kier alpha value is -0.746. The molecule has 0 bridgehead atoms. The van der Waals surface area contributed by atoms with Gasteiger partial charge in [-0.3, -0.25) is 8.37 Å². The predicted molar refractivity (Wildman–Crippen MR) is 198 cm³/mol. The Morgan fingerprint density at radius 3 is 1.04 bits per heavy atom. The molecule has 276 valence electrons. The maximum absolute atomic E-state index is 12.1. The van der Waals surface area contributed by atoms with E-state index in [1.165, 1.54) is 0 Å². The van der Waals surface area contributed by atoms with Gasteiger partial charge in [-0.2, -0.15) is 16.8 Å². The molecule has 13 heteroatoms. The van der Waals surface area contributed by atoms with Crippen molar-refractivity contribution in [3.63, 3.8) is 0 Å². The molecule has 0 aliphatic heterocycles. The molecular formula is C34H66O9S2Si2. The summed E-state index contributed by atoms with van der Waals surface area (Å²) in [6, 6.07) is 0. The molecule has 0 fully saturated rings. The van der Waals surface area contributed by atoms with Gasteiger partial charge in [0.25, 0.3) is 20.2 Å². The minimum Gasteiger partial charge on any atom is -0.403 e. The quantitative estimate of drug-likeness (QED) is 0.103. The second-order valence-corrected chi connectivity index (χ2v) is 30.4. The van der Waals surface area contributed by atoms with Crippen LogP contribution in [0.15, 0.2) is 0 Å². The van der Waals surface area contributed by atoms with Gasteiger partial charge in [0.15, 0.2) is 16.6 Å². The van der Waals surface area contributed by atoms with Crippen LogP contribution in [0.1, 0.15) is 95.9 Å². The van der Waals surface area contributed by atoms with Crippen LogP contribution in [0, 0.1) is 34.5 Å². The smallest absolute Gasteiger partial charge is 0.264 e. The first-order valence-corrected chi connectivity index (χ1v) is 25.7. The molecular weight excluding hydrogens is 673 g/mol. The van der Waals surface area contributed by atoms with Gasteiger partial charge in [-0.1, -0.05) is 107 Å². The van der Waals surface area contributed by atoms with Crippen LogP contribution >= 0.6 is 0 Å². The molecule has 0 aromatic heterocycles. The van der Waals surface area contributed by atoms with Crippen molar-refractivity contribution in [2.24, 2.45) is 10.8 Å². The zero-order valence-corrected chi connectivity index (χ0v) is 36.3. The Balaban J connectivity index is 5.95. The fraction of sp³-hybridized carbons (Fsp3) is 0.882. The highest BCUT2D eigenvalue weighted by atomic mass is 32.2. The highest BCUT2D eigenvalue weighted by Crippen LogP contribution is 2.40. The van der Waals surface area contributed by atoms with Gasteiger partial charge >= 0.3 is 0 Å². The van der Waals surface area contributed by atoms with Gasteiger partial charge in [0.1, 0.15) is 24.4 Å². The zero-order chi connectivity index (χ0) is 37.5. The molecule has 0 spiro atoms. The van der Waals surface area contributed by atoms with E-state index >= 15 is 0 Å². The summed E-state index contributed by atoms with van der Waals surface area (Å²) in [4.78, 5) is 0. The maximum Gasteiger partial charge on any atom is 0.264 e. The van der Waals surface area contributed by atoms with Gasteiger partial charge in [-0.05, 0) is 47.1 Å². The molecule has 4 atom stereocenters. The number of hydrogen-bond acceptors (Lipinski definition) is 9.